The quantitative estimate of drug-likeness (QED) is 0.175. The number of anilines is 1. The number of unbranched alkanes of at least 4 members (excludes halogenated alkanes) is 3. The van der Waals surface area contributed by atoms with E-state index in [4.69, 9.17) is 10.5 Å². The SMILES string of the molecule is C=CCN(C)CCCCCCOC(=C)C(O)(c1ccc(Br)cc1)c1ccccc1N. The summed E-state index contributed by atoms with van der Waals surface area (Å²) in [7, 11) is 2.10. The third-order valence-corrected chi connectivity index (χ3v) is 5.70. The molecular weight excluding hydrogens is 440 g/mol. The molecule has 3 N–H and O–H groups in total. The number of aliphatic hydroxyl groups is 1. The van der Waals surface area contributed by atoms with E-state index >= 15 is 0 Å². The summed E-state index contributed by atoms with van der Waals surface area (Å²) in [5.74, 6) is 0.286. The minimum Gasteiger partial charge on any atom is -0.495 e. The molecular formula is C25H33BrN2O2. The summed E-state index contributed by atoms with van der Waals surface area (Å²) in [4.78, 5) is 2.26. The average Bonchev–Trinajstić information content (AvgIpc) is 2.73. The lowest BCUT2D eigenvalue weighted by Gasteiger charge is -2.32. The summed E-state index contributed by atoms with van der Waals surface area (Å²) >= 11 is 3.44. The van der Waals surface area contributed by atoms with E-state index in [2.05, 4.69) is 41.0 Å². The van der Waals surface area contributed by atoms with Crippen molar-refractivity contribution >= 4 is 21.6 Å². The Hall–Kier alpha value is -2.08. The van der Waals surface area contributed by atoms with E-state index in [1.54, 1.807) is 6.07 Å². The molecule has 1 atom stereocenters. The lowest BCUT2D eigenvalue weighted by atomic mass is 9.84. The van der Waals surface area contributed by atoms with Crippen LogP contribution < -0.4 is 5.73 Å². The van der Waals surface area contributed by atoms with Crippen molar-refractivity contribution < 1.29 is 9.84 Å². The molecule has 5 heteroatoms. The van der Waals surface area contributed by atoms with E-state index in [1.807, 2.05) is 48.5 Å². The van der Waals surface area contributed by atoms with Gasteiger partial charge in [0.2, 0.25) is 0 Å². The second-order valence-corrected chi connectivity index (χ2v) is 8.46. The van der Waals surface area contributed by atoms with Gasteiger partial charge in [-0.2, -0.15) is 0 Å². The highest BCUT2D eigenvalue weighted by molar-refractivity contribution is 9.10. The molecule has 0 radical (unpaired) electrons. The zero-order chi connectivity index (χ0) is 22.0. The molecule has 0 aliphatic rings. The number of rotatable bonds is 13. The van der Waals surface area contributed by atoms with Crippen LogP contribution in [-0.4, -0.2) is 36.8 Å². The first-order valence-electron chi connectivity index (χ1n) is 10.3. The van der Waals surface area contributed by atoms with E-state index < -0.39 is 5.60 Å². The van der Waals surface area contributed by atoms with Crippen molar-refractivity contribution in [3.05, 3.63) is 89.1 Å². The number of nitrogen functional groups attached to an aromatic ring is 1. The molecule has 0 bridgehead atoms. The van der Waals surface area contributed by atoms with Gasteiger partial charge in [-0.3, -0.25) is 0 Å². The number of hydrogen-bond acceptors (Lipinski definition) is 4. The molecule has 0 saturated carbocycles. The Balaban J connectivity index is 1.99. The van der Waals surface area contributed by atoms with Gasteiger partial charge in [0.15, 0.2) is 5.60 Å². The van der Waals surface area contributed by atoms with Gasteiger partial charge in [-0.1, -0.05) is 71.8 Å². The number of nitrogens with two attached hydrogens (primary N) is 1. The van der Waals surface area contributed by atoms with E-state index in [-0.39, 0.29) is 5.76 Å². The Morgan fingerprint density at radius 3 is 2.47 bits per heavy atom. The van der Waals surface area contributed by atoms with E-state index in [0.717, 1.165) is 43.2 Å². The van der Waals surface area contributed by atoms with Gasteiger partial charge in [-0.15, -0.1) is 6.58 Å². The van der Waals surface area contributed by atoms with Crippen molar-refractivity contribution in [2.75, 3.05) is 32.5 Å². The molecule has 30 heavy (non-hydrogen) atoms. The second kappa shape index (κ2) is 11.9. The van der Waals surface area contributed by atoms with Crippen molar-refractivity contribution in [1.82, 2.24) is 4.90 Å². The van der Waals surface area contributed by atoms with Crippen molar-refractivity contribution in [2.45, 2.75) is 31.3 Å². The highest BCUT2D eigenvalue weighted by Crippen LogP contribution is 2.39. The van der Waals surface area contributed by atoms with Gasteiger partial charge in [0.05, 0.1) is 6.61 Å². The number of para-hydroxylation sites is 1. The normalized spacial score (nSPS) is 13.1. The smallest absolute Gasteiger partial charge is 0.173 e. The lowest BCUT2D eigenvalue weighted by molar-refractivity contribution is 0.0391. The summed E-state index contributed by atoms with van der Waals surface area (Å²) in [6.07, 6.45) is 6.18. The number of likely N-dealkylation sites (N-methyl/N-ethyl adjacent to an activating group) is 1. The predicted molar refractivity (Wildman–Crippen MR) is 129 cm³/mol. The minimum absolute atomic E-state index is 0.286. The van der Waals surface area contributed by atoms with E-state index in [0.29, 0.717) is 23.4 Å². The van der Waals surface area contributed by atoms with Gasteiger partial charge in [-0.25, -0.2) is 0 Å². The van der Waals surface area contributed by atoms with Crippen LogP contribution in [-0.2, 0) is 10.3 Å². The van der Waals surface area contributed by atoms with Gasteiger partial charge >= 0.3 is 0 Å². The second-order valence-electron chi connectivity index (χ2n) is 7.54. The first-order chi connectivity index (χ1) is 14.4. The molecule has 2 rings (SSSR count). The summed E-state index contributed by atoms with van der Waals surface area (Å²) in [6.45, 7) is 10.3. The van der Waals surface area contributed by atoms with Gasteiger partial charge in [0.25, 0.3) is 0 Å². The monoisotopic (exact) mass is 472 g/mol. The number of nitrogens with zero attached hydrogens (tertiary/aromatic N) is 1. The molecule has 0 aromatic heterocycles. The fourth-order valence-corrected chi connectivity index (χ4v) is 3.70. The first kappa shape index (κ1) is 24.2. The van der Waals surface area contributed by atoms with Crippen LogP contribution in [0.25, 0.3) is 0 Å². The van der Waals surface area contributed by atoms with Gasteiger partial charge in [0.1, 0.15) is 5.76 Å². The Morgan fingerprint density at radius 1 is 1.13 bits per heavy atom. The van der Waals surface area contributed by atoms with Crippen LogP contribution in [0.1, 0.15) is 36.8 Å². The van der Waals surface area contributed by atoms with Crippen LogP contribution in [0.3, 0.4) is 0 Å². The topological polar surface area (TPSA) is 58.7 Å². The molecule has 0 aliphatic carbocycles. The molecule has 0 heterocycles. The largest absolute Gasteiger partial charge is 0.495 e. The zero-order valence-electron chi connectivity index (χ0n) is 17.8. The third kappa shape index (κ3) is 6.46. The summed E-state index contributed by atoms with van der Waals surface area (Å²) in [5.41, 5.74) is 6.41. The number of halogens is 1. The maximum Gasteiger partial charge on any atom is 0.173 e. The molecule has 0 saturated heterocycles. The minimum atomic E-state index is -1.51. The fourth-order valence-electron chi connectivity index (χ4n) is 3.43. The molecule has 2 aromatic carbocycles. The summed E-state index contributed by atoms with van der Waals surface area (Å²) in [6, 6.07) is 14.8. The first-order valence-corrected chi connectivity index (χ1v) is 11.1. The fraction of sp³-hybridized carbons (Fsp3) is 0.360. The van der Waals surface area contributed by atoms with Crippen LogP contribution in [0.2, 0.25) is 0 Å². The molecule has 1 unspecified atom stereocenters. The molecule has 4 nitrogen and oxygen atoms in total. The molecule has 2 aromatic rings. The molecule has 0 aliphatic heterocycles. The van der Waals surface area contributed by atoms with Gasteiger partial charge < -0.3 is 20.5 Å². The molecule has 0 spiro atoms. The van der Waals surface area contributed by atoms with Crippen molar-refractivity contribution in [2.24, 2.45) is 0 Å². The standard InChI is InChI=1S/C25H33BrN2O2/c1-4-17-28(3)18-9-5-6-10-19-30-20(2)25(29,21-13-15-22(26)16-14-21)23-11-7-8-12-24(23)27/h4,7-8,11-16,29H,1-2,5-6,9-10,17-19,27H2,3H3. The van der Waals surface area contributed by atoms with Crippen LogP contribution >= 0.6 is 15.9 Å². The van der Waals surface area contributed by atoms with Crippen molar-refractivity contribution in [3.63, 3.8) is 0 Å². The number of ether oxygens (including phenoxy) is 1. The van der Waals surface area contributed by atoms with E-state index in [1.165, 1.54) is 0 Å². The lowest BCUT2D eigenvalue weighted by Crippen LogP contribution is -2.32. The van der Waals surface area contributed by atoms with E-state index in [9.17, 15) is 5.11 Å². The van der Waals surface area contributed by atoms with Crippen molar-refractivity contribution in [1.29, 1.82) is 0 Å². The Bertz CT molecular complexity index is 822. The third-order valence-electron chi connectivity index (χ3n) is 5.17. The number of hydrogen-bond donors (Lipinski definition) is 2. The van der Waals surface area contributed by atoms with Crippen LogP contribution in [0.4, 0.5) is 5.69 Å². The zero-order valence-corrected chi connectivity index (χ0v) is 19.4. The average molecular weight is 473 g/mol. The summed E-state index contributed by atoms with van der Waals surface area (Å²) in [5, 5.41) is 11.7. The van der Waals surface area contributed by atoms with Gasteiger partial charge in [-0.05, 0) is 50.2 Å². The predicted octanol–water partition coefficient (Wildman–Crippen LogP) is 5.48. The Morgan fingerprint density at radius 2 is 1.80 bits per heavy atom. The highest BCUT2D eigenvalue weighted by atomic mass is 79.9. The Labute approximate surface area is 189 Å². The maximum absolute atomic E-state index is 11.7. The molecule has 162 valence electrons. The molecule has 0 fully saturated rings. The molecule has 0 amide bonds. The number of benzene rings is 2. The van der Waals surface area contributed by atoms with Crippen LogP contribution in [0.5, 0.6) is 0 Å². The maximum atomic E-state index is 11.7. The van der Waals surface area contributed by atoms with Crippen LogP contribution in [0.15, 0.2) is 78.0 Å². The van der Waals surface area contributed by atoms with Gasteiger partial charge in [0, 0.05) is 22.3 Å². The highest BCUT2D eigenvalue weighted by Gasteiger charge is 2.38. The van der Waals surface area contributed by atoms with Crippen LogP contribution in [0, 0.1) is 0 Å². The summed E-state index contributed by atoms with van der Waals surface area (Å²) < 4.78 is 6.86. The Kier molecular flexibility index (Phi) is 9.63. The van der Waals surface area contributed by atoms with Crippen molar-refractivity contribution in [3.8, 4) is 0 Å².